The van der Waals surface area contributed by atoms with E-state index in [1.54, 1.807) is 4.90 Å². The van der Waals surface area contributed by atoms with Crippen LogP contribution in [-0.4, -0.2) is 35.5 Å². The fourth-order valence-corrected chi connectivity index (χ4v) is 5.83. The molecule has 2 atom stereocenters. The number of ether oxygens (including phenoxy) is 3. The Hall–Kier alpha value is -3.64. The van der Waals surface area contributed by atoms with Crippen LogP contribution in [0.4, 0.5) is 0 Å². The highest BCUT2D eigenvalue weighted by Crippen LogP contribution is 2.40. The highest BCUT2D eigenvalue weighted by atomic mass is 16.5. The van der Waals surface area contributed by atoms with Gasteiger partial charge in [-0.3, -0.25) is 4.79 Å². The number of benzene rings is 3. The van der Waals surface area contributed by atoms with Gasteiger partial charge in [0.1, 0.15) is 18.4 Å². The average molecular weight is 528 g/mol. The van der Waals surface area contributed by atoms with Gasteiger partial charge in [-0.15, -0.1) is 0 Å². The maximum atomic E-state index is 14.3. The Morgan fingerprint density at radius 2 is 1.64 bits per heavy atom. The second kappa shape index (κ2) is 11.6. The smallest absolute Gasteiger partial charge is 0.328 e. The number of methoxy groups -OCH3 is 1. The third-order valence-electron chi connectivity index (χ3n) is 8.04. The molecule has 1 aliphatic heterocycles. The molecule has 0 spiro atoms. The van der Waals surface area contributed by atoms with Crippen molar-refractivity contribution in [2.75, 3.05) is 7.11 Å². The molecule has 6 nitrogen and oxygen atoms in total. The Kier molecular flexibility index (Phi) is 8.03. The van der Waals surface area contributed by atoms with E-state index in [4.69, 9.17) is 14.2 Å². The molecular formula is C33H37NO5. The maximum Gasteiger partial charge on any atom is 0.328 e. The van der Waals surface area contributed by atoms with Gasteiger partial charge in [0, 0.05) is 18.5 Å². The van der Waals surface area contributed by atoms with Gasteiger partial charge in [-0.05, 0) is 48.9 Å². The summed E-state index contributed by atoms with van der Waals surface area (Å²) >= 11 is 0. The van der Waals surface area contributed by atoms with Gasteiger partial charge >= 0.3 is 5.97 Å². The maximum absolute atomic E-state index is 14.3. The van der Waals surface area contributed by atoms with Crippen molar-refractivity contribution in [1.82, 2.24) is 4.90 Å². The Labute approximate surface area is 230 Å². The molecule has 1 heterocycles. The number of hydrogen-bond donors (Lipinski definition) is 0. The summed E-state index contributed by atoms with van der Waals surface area (Å²) in [6, 6.07) is 22.9. The van der Waals surface area contributed by atoms with Gasteiger partial charge in [0.2, 0.25) is 0 Å². The van der Waals surface area contributed by atoms with Crippen LogP contribution in [0.5, 0.6) is 5.75 Å². The third-order valence-corrected chi connectivity index (χ3v) is 8.04. The van der Waals surface area contributed by atoms with Gasteiger partial charge < -0.3 is 19.1 Å². The van der Waals surface area contributed by atoms with Crippen LogP contribution >= 0.6 is 0 Å². The first-order valence-electron chi connectivity index (χ1n) is 13.8. The number of esters is 1. The molecule has 1 unspecified atom stereocenters. The van der Waals surface area contributed by atoms with Crippen LogP contribution in [0.1, 0.15) is 66.5 Å². The Morgan fingerprint density at radius 3 is 2.31 bits per heavy atom. The standard InChI is InChI=1S/C33H37NO5/c1-23-16-17-26-21-34(31(35)30(25-14-8-5-9-15-25)39-33(2)18-10-11-19-33)28(32(36)37-3)20-27(26)29(23)38-22-24-12-6-4-7-13-24/h4-9,12-17,28,30H,10-11,18-22H2,1-3H3/t28-,30?/m0/s1. The van der Waals surface area contributed by atoms with Crippen molar-refractivity contribution in [1.29, 1.82) is 0 Å². The molecule has 39 heavy (non-hydrogen) atoms. The number of amides is 1. The number of carbonyl (C=O) groups excluding carboxylic acids is 2. The van der Waals surface area contributed by atoms with E-state index in [9.17, 15) is 9.59 Å². The van der Waals surface area contributed by atoms with Crippen LogP contribution < -0.4 is 4.74 Å². The molecule has 1 fully saturated rings. The van der Waals surface area contributed by atoms with Crippen LogP contribution in [0.3, 0.4) is 0 Å². The second-order valence-corrected chi connectivity index (χ2v) is 10.9. The summed E-state index contributed by atoms with van der Waals surface area (Å²) < 4.78 is 18.1. The predicted octanol–water partition coefficient (Wildman–Crippen LogP) is 6.09. The van der Waals surface area contributed by atoms with E-state index in [-0.39, 0.29) is 18.1 Å². The zero-order valence-corrected chi connectivity index (χ0v) is 23.0. The number of fused-ring (bicyclic) bond motifs is 1. The van der Waals surface area contributed by atoms with Crippen molar-refractivity contribution >= 4 is 11.9 Å². The van der Waals surface area contributed by atoms with E-state index in [0.29, 0.717) is 13.0 Å². The summed E-state index contributed by atoms with van der Waals surface area (Å²) in [5.41, 5.74) is 4.39. The molecule has 0 bridgehead atoms. The average Bonchev–Trinajstić information content (AvgIpc) is 3.41. The number of nitrogens with zero attached hydrogens (tertiary/aromatic N) is 1. The minimum atomic E-state index is -0.803. The minimum Gasteiger partial charge on any atom is -0.488 e. The van der Waals surface area contributed by atoms with E-state index in [1.807, 2.05) is 79.7 Å². The molecular weight excluding hydrogens is 490 g/mol. The Balaban J connectivity index is 1.48. The Bertz CT molecular complexity index is 1300. The first kappa shape index (κ1) is 26.9. The molecule has 0 radical (unpaired) electrons. The van der Waals surface area contributed by atoms with E-state index in [0.717, 1.165) is 59.3 Å². The van der Waals surface area contributed by atoms with Crippen LogP contribution in [0.15, 0.2) is 72.8 Å². The quantitative estimate of drug-likeness (QED) is 0.332. The molecule has 0 saturated heterocycles. The lowest BCUT2D eigenvalue weighted by molar-refractivity contribution is -0.167. The molecule has 6 heteroatoms. The normalized spacial score (nSPS) is 18.7. The van der Waals surface area contributed by atoms with E-state index in [2.05, 4.69) is 6.92 Å². The number of aryl methyl sites for hydroxylation is 1. The topological polar surface area (TPSA) is 65.1 Å². The van der Waals surface area contributed by atoms with Crippen molar-refractivity contribution in [2.45, 2.75) is 76.9 Å². The van der Waals surface area contributed by atoms with Crippen molar-refractivity contribution < 1.29 is 23.8 Å². The molecule has 2 aliphatic rings. The second-order valence-electron chi connectivity index (χ2n) is 10.9. The van der Waals surface area contributed by atoms with Crippen LogP contribution in [0.2, 0.25) is 0 Å². The molecule has 5 rings (SSSR count). The predicted molar refractivity (Wildman–Crippen MR) is 149 cm³/mol. The first-order valence-corrected chi connectivity index (χ1v) is 13.8. The van der Waals surface area contributed by atoms with Gasteiger partial charge in [0.15, 0.2) is 6.10 Å². The lowest BCUT2D eigenvalue weighted by atomic mass is 9.90. The number of rotatable bonds is 8. The molecule has 3 aromatic rings. The largest absolute Gasteiger partial charge is 0.488 e. The monoisotopic (exact) mass is 527 g/mol. The summed E-state index contributed by atoms with van der Waals surface area (Å²) in [5, 5.41) is 0. The fraction of sp³-hybridized carbons (Fsp3) is 0.394. The van der Waals surface area contributed by atoms with Crippen LogP contribution in [0.25, 0.3) is 0 Å². The van der Waals surface area contributed by atoms with Crippen molar-refractivity contribution in [3.8, 4) is 5.75 Å². The molecule has 0 aromatic heterocycles. The molecule has 0 N–H and O–H groups in total. The van der Waals surface area contributed by atoms with Crippen LogP contribution in [-0.2, 0) is 38.6 Å². The SMILES string of the molecule is COC(=O)[C@@H]1Cc2c(ccc(C)c2OCc2ccccc2)CN1C(=O)C(OC1(C)CCCC1)c1ccccc1. The lowest BCUT2D eigenvalue weighted by Gasteiger charge is -2.39. The summed E-state index contributed by atoms with van der Waals surface area (Å²) in [7, 11) is 1.37. The van der Waals surface area contributed by atoms with Crippen LogP contribution in [0, 0.1) is 6.92 Å². The summed E-state index contributed by atoms with van der Waals surface area (Å²) in [6.07, 6.45) is 3.50. The van der Waals surface area contributed by atoms with E-state index >= 15 is 0 Å². The van der Waals surface area contributed by atoms with Crippen molar-refractivity contribution in [3.63, 3.8) is 0 Å². The zero-order valence-electron chi connectivity index (χ0n) is 23.0. The van der Waals surface area contributed by atoms with E-state index in [1.165, 1.54) is 7.11 Å². The first-order chi connectivity index (χ1) is 18.9. The summed E-state index contributed by atoms with van der Waals surface area (Å²) in [5.74, 6) is 0.109. The van der Waals surface area contributed by atoms with Crippen molar-refractivity contribution in [3.05, 3.63) is 101 Å². The number of carbonyl (C=O) groups is 2. The van der Waals surface area contributed by atoms with Gasteiger partial charge in [-0.2, -0.15) is 0 Å². The Morgan fingerprint density at radius 1 is 0.974 bits per heavy atom. The molecule has 1 aliphatic carbocycles. The van der Waals surface area contributed by atoms with Gasteiger partial charge in [0.05, 0.1) is 12.7 Å². The van der Waals surface area contributed by atoms with Crippen molar-refractivity contribution in [2.24, 2.45) is 0 Å². The lowest BCUT2D eigenvalue weighted by Crippen LogP contribution is -2.51. The molecule has 3 aromatic carbocycles. The van der Waals surface area contributed by atoms with Gasteiger partial charge in [-0.1, -0.05) is 85.6 Å². The molecule has 1 saturated carbocycles. The highest BCUT2D eigenvalue weighted by Gasteiger charge is 2.43. The summed E-state index contributed by atoms with van der Waals surface area (Å²) in [6.45, 7) is 4.80. The highest BCUT2D eigenvalue weighted by molar-refractivity contribution is 5.89. The minimum absolute atomic E-state index is 0.220. The third kappa shape index (κ3) is 5.86. The van der Waals surface area contributed by atoms with E-state index < -0.39 is 18.1 Å². The zero-order chi connectivity index (χ0) is 27.4. The van der Waals surface area contributed by atoms with Gasteiger partial charge in [0.25, 0.3) is 5.91 Å². The summed E-state index contributed by atoms with van der Waals surface area (Å²) in [4.78, 5) is 29.1. The fourth-order valence-electron chi connectivity index (χ4n) is 5.83. The molecule has 204 valence electrons. The molecule has 1 amide bonds. The number of hydrogen-bond acceptors (Lipinski definition) is 5. The van der Waals surface area contributed by atoms with Gasteiger partial charge in [-0.25, -0.2) is 4.79 Å².